The minimum Gasteiger partial charge on any atom is -0.493 e. The lowest BCUT2D eigenvalue weighted by Crippen LogP contribution is -2.35. The molecule has 1 N–H and O–H groups in total. The first-order valence-corrected chi connectivity index (χ1v) is 8.53. The molecule has 0 bridgehead atoms. The van der Waals surface area contributed by atoms with Crippen molar-refractivity contribution in [1.29, 1.82) is 0 Å². The van der Waals surface area contributed by atoms with Crippen LogP contribution in [0.15, 0.2) is 24.3 Å². The first-order chi connectivity index (χ1) is 10.4. The van der Waals surface area contributed by atoms with E-state index in [-0.39, 0.29) is 0 Å². The smallest absolute Gasteiger partial charge is 0.123 e. The Morgan fingerprint density at radius 1 is 1.00 bits per heavy atom. The number of hydrogen-bond donors (Lipinski definition) is 1. The molecule has 3 heteroatoms. The molecule has 1 saturated carbocycles. The summed E-state index contributed by atoms with van der Waals surface area (Å²) in [5.74, 6) is 1.89. The topological polar surface area (TPSA) is 30.5 Å². The Morgan fingerprint density at radius 3 is 2.62 bits per heavy atom. The second-order valence-corrected chi connectivity index (χ2v) is 6.28. The van der Waals surface area contributed by atoms with Gasteiger partial charge in [-0.25, -0.2) is 0 Å². The van der Waals surface area contributed by atoms with E-state index in [0.717, 1.165) is 31.1 Å². The van der Waals surface area contributed by atoms with Crippen molar-refractivity contribution in [3.8, 4) is 11.5 Å². The molecule has 0 amide bonds. The van der Waals surface area contributed by atoms with E-state index in [1.54, 1.807) is 0 Å². The first-order valence-electron chi connectivity index (χ1n) is 8.53. The molecule has 2 aliphatic rings. The lowest BCUT2D eigenvalue weighted by Gasteiger charge is -2.23. The fourth-order valence-electron chi connectivity index (χ4n) is 3.33. The minimum atomic E-state index is 0.409. The average Bonchev–Trinajstić information content (AvgIpc) is 3.02. The van der Waals surface area contributed by atoms with Crippen LogP contribution in [0.2, 0.25) is 0 Å². The summed E-state index contributed by atoms with van der Waals surface area (Å²) in [6.07, 6.45) is 10.4. The van der Waals surface area contributed by atoms with Gasteiger partial charge in [0, 0.05) is 12.1 Å². The van der Waals surface area contributed by atoms with Crippen LogP contribution in [0.25, 0.3) is 0 Å². The fraction of sp³-hybridized carbons (Fsp3) is 0.667. The van der Waals surface area contributed by atoms with Crippen LogP contribution in [0.3, 0.4) is 0 Å². The highest BCUT2D eigenvalue weighted by Gasteiger charge is 2.16. The summed E-state index contributed by atoms with van der Waals surface area (Å²) in [6.45, 7) is 1.94. The zero-order chi connectivity index (χ0) is 14.3. The molecule has 0 spiro atoms. The zero-order valence-electron chi connectivity index (χ0n) is 12.9. The summed E-state index contributed by atoms with van der Waals surface area (Å²) < 4.78 is 11.9. The third-order valence-electron chi connectivity index (χ3n) is 4.56. The number of nitrogens with one attached hydrogen (secondary N) is 1. The van der Waals surface area contributed by atoms with Gasteiger partial charge in [-0.1, -0.05) is 12.5 Å². The van der Waals surface area contributed by atoms with Crippen molar-refractivity contribution in [2.45, 2.75) is 63.5 Å². The molecule has 1 saturated heterocycles. The second-order valence-electron chi connectivity index (χ2n) is 6.28. The molecule has 3 rings (SSSR count). The Morgan fingerprint density at radius 2 is 1.81 bits per heavy atom. The Labute approximate surface area is 128 Å². The van der Waals surface area contributed by atoms with E-state index in [2.05, 4.69) is 5.32 Å². The van der Waals surface area contributed by atoms with Crippen molar-refractivity contribution in [2.75, 3.05) is 13.2 Å². The molecule has 21 heavy (non-hydrogen) atoms. The molecule has 1 aliphatic heterocycles. The lowest BCUT2D eigenvalue weighted by atomic mass is 10.0. The molecule has 1 aromatic rings. The van der Waals surface area contributed by atoms with Crippen molar-refractivity contribution in [3.05, 3.63) is 24.3 Å². The summed E-state index contributed by atoms with van der Waals surface area (Å²) in [4.78, 5) is 0. The fourth-order valence-corrected chi connectivity index (χ4v) is 3.33. The van der Waals surface area contributed by atoms with Crippen molar-refractivity contribution < 1.29 is 9.47 Å². The summed E-state index contributed by atoms with van der Waals surface area (Å²) in [7, 11) is 0. The molecular weight excluding hydrogens is 262 g/mol. The third kappa shape index (κ3) is 4.63. The van der Waals surface area contributed by atoms with Gasteiger partial charge in [0.1, 0.15) is 11.5 Å². The van der Waals surface area contributed by atoms with Crippen LogP contribution in [0.1, 0.15) is 51.4 Å². The van der Waals surface area contributed by atoms with Crippen molar-refractivity contribution in [3.63, 3.8) is 0 Å². The van der Waals surface area contributed by atoms with E-state index < -0.39 is 0 Å². The van der Waals surface area contributed by atoms with Crippen LogP contribution in [0, 0.1) is 0 Å². The van der Waals surface area contributed by atoms with Crippen LogP contribution in [-0.2, 0) is 0 Å². The highest BCUT2D eigenvalue weighted by Crippen LogP contribution is 2.26. The molecule has 0 radical (unpaired) electrons. The zero-order valence-corrected chi connectivity index (χ0v) is 12.9. The Bertz CT molecular complexity index is 423. The van der Waals surface area contributed by atoms with Gasteiger partial charge in [0.15, 0.2) is 0 Å². The lowest BCUT2D eigenvalue weighted by molar-refractivity contribution is 0.208. The molecule has 1 heterocycles. The van der Waals surface area contributed by atoms with Gasteiger partial charge in [-0.2, -0.15) is 0 Å². The van der Waals surface area contributed by atoms with E-state index in [1.807, 2.05) is 24.3 Å². The first kappa shape index (κ1) is 14.7. The maximum absolute atomic E-state index is 6.02. The average molecular weight is 289 g/mol. The number of benzene rings is 1. The van der Waals surface area contributed by atoms with Gasteiger partial charge in [-0.15, -0.1) is 0 Å². The second kappa shape index (κ2) is 7.69. The van der Waals surface area contributed by atoms with Crippen molar-refractivity contribution in [1.82, 2.24) is 5.32 Å². The van der Waals surface area contributed by atoms with Gasteiger partial charge in [-0.05, 0) is 63.6 Å². The predicted molar refractivity (Wildman–Crippen MR) is 85.1 cm³/mol. The quantitative estimate of drug-likeness (QED) is 0.861. The number of ether oxygens (including phenoxy) is 2. The molecule has 2 fully saturated rings. The maximum Gasteiger partial charge on any atom is 0.123 e. The summed E-state index contributed by atoms with van der Waals surface area (Å²) in [5.41, 5.74) is 0. The van der Waals surface area contributed by atoms with E-state index in [1.165, 1.54) is 44.9 Å². The SMILES string of the molecule is c1cc(OCCC2CCCCN2)cc(OC2CCCC2)c1. The number of rotatable bonds is 6. The predicted octanol–water partition coefficient (Wildman–Crippen LogP) is 3.92. The van der Waals surface area contributed by atoms with Crippen LogP contribution < -0.4 is 14.8 Å². The van der Waals surface area contributed by atoms with Gasteiger partial charge < -0.3 is 14.8 Å². The largest absolute Gasteiger partial charge is 0.493 e. The summed E-state index contributed by atoms with van der Waals surface area (Å²) in [5, 5.41) is 3.56. The Balaban J connectivity index is 1.44. The molecule has 0 aromatic heterocycles. The molecule has 1 unspecified atom stereocenters. The number of hydrogen-bond acceptors (Lipinski definition) is 3. The maximum atomic E-state index is 6.02. The van der Waals surface area contributed by atoms with Crippen LogP contribution in [0.5, 0.6) is 11.5 Å². The van der Waals surface area contributed by atoms with E-state index in [0.29, 0.717) is 12.1 Å². The third-order valence-corrected chi connectivity index (χ3v) is 4.56. The van der Waals surface area contributed by atoms with Crippen LogP contribution in [0.4, 0.5) is 0 Å². The van der Waals surface area contributed by atoms with Gasteiger partial charge in [0.2, 0.25) is 0 Å². The molecule has 3 nitrogen and oxygen atoms in total. The van der Waals surface area contributed by atoms with Gasteiger partial charge >= 0.3 is 0 Å². The molecule has 1 aromatic carbocycles. The van der Waals surface area contributed by atoms with Crippen molar-refractivity contribution in [2.24, 2.45) is 0 Å². The Hall–Kier alpha value is -1.22. The van der Waals surface area contributed by atoms with Gasteiger partial charge in [0.05, 0.1) is 12.7 Å². The van der Waals surface area contributed by atoms with E-state index in [4.69, 9.17) is 9.47 Å². The summed E-state index contributed by atoms with van der Waals surface area (Å²) in [6, 6.07) is 8.76. The van der Waals surface area contributed by atoms with Crippen LogP contribution in [-0.4, -0.2) is 25.3 Å². The monoisotopic (exact) mass is 289 g/mol. The standard InChI is InChI=1S/C18H27NO2/c1-2-8-16(7-1)21-18-10-5-9-17(14-18)20-13-11-15-6-3-4-12-19-15/h5,9-10,14-16,19H,1-4,6-8,11-13H2. The Kier molecular flexibility index (Phi) is 5.39. The molecule has 1 aliphatic carbocycles. The minimum absolute atomic E-state index is 0.409. The van der Waals surface area contributed by atoms with E-state index in [9.17, 15) is 0 Å². The normalized spacial score (nSPS) is 23.1. The van der Waals surface area contributed by atoms with Crippen LogP contribution >= 0.6 is 0 Å². The van der Waals surface area contributed by atoms with Crippen molar-refractivity contribution >= 4 is 0 Å². The van der Waals surface area contributed by atoms with Gasteiger partial charge in [0.25, 0.3) is 0 Å². The molecule has 116 valence electrons. The van der Waals surface area contributed by atoms with E-state index >= 15 is 0 Å². The highest BCUT2D eigenvalue weighted by molar-refractivity contribution is 5.33. The van der Waals surface area contributed by atoms with Gasteiger partial charge in [-0.3, -0.25) is 0 Å². The number of piperidine rings is 1. The molecular formula is C18H27NO2. The highest BCUT2D eigenvalue weighted by atomic mass is 16.5. The molecule has 1 atom stereocenters. The summed E-state index contributed by atoms with van der Waals surface area (Å²) >= 11 is 0.